The van der Waals surface area contributed by atoms with Gasteiger partial charge >= 0.3 is 0 Å². The zero-order valence-corrected chi connectivity index (χ0v) is 17.8. The van der Waals surface area contributed by atoms with Crippen molar-refractivity contribution < 1.29 is 9.84 Å². The second-order valence-electron chi connectivity index (χ2n) is 8.84. The molecule has 5 heteroatoms. The van der Waals surface area contributed by atoms with Crippen molar-refractivity contribution in [1.82, 2.24) is 15.1 Å². The van der Waals surface area contributed by atoms with Crippen molar-refractivity contribution >= 4 is 0 Å². The Morgan fingerprint density at radius 2 is 1.69 bits per heavy atom. The molecule has 1 aliphatic heterocycles. The standard InChI is InChI=1S/C24H33N3O2/c1-26(2)24(20-7-5-4-6-8-20)15-13-23(14-16-24)18-27(22(28)25-23)17-19-9-11-21(29-3)12-10-19/h4-12,22,25,28H,13-18H2,1-3H3/t22?,23-,24+. The molecule has 0 aromatic heterocycles. The summed E-state index contributed by atoms with van der Waals surface area (Å²) >= 11 is 0. The number of benzene rings is 2. The predicted octanol–water partition coefficient (Wildman–Crippen LogP) is 3.15. The van der Waals surface area contributed by atoms with E-state index >= 15 is 0 Å². The molecule has 1 saturated heterocycles. The van der Waals surface area contributed by atoms with Crippen molar-refractivity contribution in [2.45, 2.75) is 49.7 Å². The SMILES string of the molecule is COc1ccc(CN2C[C@]3(CC[C@](c4ccccc4)(N(C)C)CC3)NC2O)cc1. The molecule has 1 heterocycles. The van der Waals surface area contributed by atoms with Crippen molar-refractivity contribution in [3.05, 3.63) is 65.7 Å². The summed E-state index contributed by atoms with van der Waals surface area (Å²) in [5.41, 5.74) is 2.64. The van der Waals surface area contributed by atoms with Gasteiger partial charge in [0, 0.05) is 24.2 Å². The summed E-state index contributed by atoms with van der Waals surface area (Å²) in [5.74, 6) is 0.860. The van der Waals surface area contributed by atoms with Crippen LogP contribution in [0.3, 0.4) is 0 Å². The second-order valence-corrected chi connectivity index (χ2v) is 8.84. The largest absolute Gasteiger partial charge is 0.497 e. The average molecular weight is 396 g/mol. The maximum Gasteiger partial charge on any atom is 0.163 e. The minimum absolute atomic E-state index is 0.0137. The Labute approximate surface area is 174 Å². The third-order valence-corrected chi connectivity index (χ3v) is 7.03. The van der Waals surface area contributed by atoms with Crippen molar-refractivity contribution in [1.29, 1.82) is 0 Å². The Balaban J connectivity index is 1.45. The summed E-state index contributed by atoms with van der Waals surface area (Å²) in [7, 11) is 6.06. The van der Waals surface area contributed by atoms with Gasteiger partial charge in [-0.25, -0.2) is 0 Å². The summed E-state index contributed by atoms with van der Waals surface area (Å²) in [6.07, 6.45) is 3.67. The van der Waals surface area contributed by atoms with Gasteiger partial charge < -0.3 is 9.84 Å². The molecule has 1 spiro atoms. The van der Waals surface area contributed by atoms with E-state index in [1.165, 1.54) is 11.1 Å². The minimum atomic E-state index is -0.597. The maximum absolute atomic E-state index is 10.7. The van der Waals surface area contributed by atoms with Gasteiger partial charge in [-0.2, -0.15) is 0 Å². The van der Waals surface area contributed by atoms with Crippen molar-refractivity contribution in [2.24, 2.45) is 0 Å². The molecule has 2 aromatic rings. The van der Waals surface area contributed by atoms with Crippen LogP contribution in [-0.4, -0.2) is 54.5 Å². The molecule has 2 aromatic carbocycles. The number of hydrogen-bond acceptors (Lipinski definition) is 5. The topological polar surface area (TPSA) is 48.0 Å². The van der Waals surface area contributed by atoms with E-state index in [4.69, 9.17) is 4.74 Å². The molecule has 29 heavy (non-hydrogen) atoms. The molecule has 5 nitrogen and oxygen atoms in total. The number of aliphatic hydroxyl groups is 1. The predicted molar refractivity (Wildman–Crippen MR) is 116 cm³/mol. The van der Waals surface area contributed by atoms with E-state index in [1.807, 2.05) is 12.1 Å². The summed E-state index contributed by atoms with van der Waals surface area (Å²) < 4.78 is 5.25. The van der Waals surface area contributed by atoms with E-state index in [-0.39, 0.29) is 11.1 Å². The molecule has 1 aliphatic carbocycles. The molecule has 2 fully saturated rings. The minimum Gasteiger partial charge on any atom is -0.497 e. The second kappa shape index (κ2) is 8.07. The highest BCUT2D eigenvalue weighted by atomic mass is 16.5. The van der Waals surface area contributed by atoms with E-state index in [0.717, 1.165) is 44.5 Å². The number of methoxy groups -OCH3 is 1. The van der Waals surface area contributed by atoms with Crippen LogP contribution in [-0.2, 0) is 12.1 Å². The number of hydrogen-bond donors (Lipinski definition) is 2. The molecule has 1 saturated carbocycles. The number of nitrogens with zero attached hydrogens (tertiary/aromatic N) is 2. The van der Waals surface area contributed by atoms with E-state index in [1.54, 1.807) is 7.11 Å². The fourth-order valence-corrected chi connectivity index (χ4v) is 5.18. The monoisotopic (exact) mass is 395 g/mol. The Morgan fingerprint density at radius 3 is 2.28 bits per heavy atom. The fraction of sp³-hybridized carbons (Fsp3) is 0.500. The van der Waals surface area contributed by atoms with Crippen LogP contribution in [0.2, 0.25) is 0 Å². The van der Waals surface area contributed by atoms with Gasteiger partial charge in [-0.1, -0.05) is 42.5 Å². The summed E-state index contributed by atoms with van der Waals surface area (Å²) in [5, 5.41) is 14.2. The highest BCUT2D eigenvalue weighted by molar-refractivity contribution is 5.28. The van der Waals surface area contributed by atoms with Crippen LogP contribution in [0.5, 0.6) is 5.75 Å². The van der Waals surface area contributed by atoms with Crippen molar-refractivity contribution in [2.75, 3.05) is 27.7 Å². The lowest BCUT2D eigenvalue weighted by Gasteiger charge is -2.49. The first-order valence-corrected chi connectivity index (χ1v) is 10.5. The molecule has 1 unspecified atom stereocenters. The third-order valence-electron chi connectivity index (χ3n) is 7.03. The van der Waals surface area contributed by atoms with Crippen LogP contribution >= 0.6 is 0 Å². The van der Waals surface area contributed by atoms with Crippen LogP contribution in [0.25, 0.3) is 0 Å². The number of rotatable bonds is 5. The molecule has 2 N–H and O–H groups in total. The fourth-order valence-electron chi connectivity index (χ4n) is 5.18. The van der Waals surface area contributed by atoms with Gasteiger partial charge in [-0.05, 0) is 63.0 Å². The van der Waals surface area contributed by atoms with E-state index in [0.29, 0.717) is 0 Å². The Kier molecular flexibility index (Phi) is 5.67. The van der Waals surface area contributed by atoms with Gasteiger partial charge in [0.1, 0.15) is 5.75 Å². The lowest BCUT2D eigenvalue weighted by molar-refractivity contribution is 0.0126. The first kappa shape index (κ1) is 20.4. The van der Waals surface area contributed by atoms with Gasteiger partial charge in [0.15, 0.2) is 6.35 Å². The Hall–Kier alpha value is -1.92. The van der Waals surface area contributed by atoms with E-state index in [9.17, 15) is 5.11 Å². The van der Waals surface area contributed by atoms with Crippen LogP contribution in [0, 0.1) is 0 Å². The molecule has 156 valence electrons. The number of aliphatic hydroxyl groups excluding tert-OH is 1. The Bertz CT molecular complexity index is 799. The van der Waals surface area contributed by atoms with E-state index in [2.05, 4.69) is 71.7 Å². The number of ether oxygens (including phenoxy) is 1. The molecule has 0 bridgehead atoms. The highest BCUT2D eigenvalue weighted by Crippen LogP contribution is 2.46. The molecule has 0 amide bonds. The molecule has 2 aliphatic rings. The maximum atomic E-state index is 10.7. The first-order valence-electron chi connectivity index (χ1n) is 10.5. The first-order chi connectivity index (χ1) is 14.0. The molecule has 4 rings (SSSR count). The van der Waals surface area contributed by atoms with Crippen molar-refractivity contribution in [3.8, 4) is 5.75 Å². The van der Waals surface area contributed by atoms with Crippen LogP contribution in [0.15, 0.2) is 54.6 Å². The average Bonchev–Trinajstić information content (AvgIpc) is 3.04. The zero-order valence-electron chi connectivity index (χ0n) is 17.8. The summed E-state index contributed by atoms with van der Waals surface area (Å²) in [4.78, 5) is 4.53. The molecular weight excluding hydrogens is 362 g/mol. The zero-order chi connectivity index (χ0) is 20.5. The normalized spacial score (nSPS) is 30.2. The Morgan fingerprint density at radius 1 is 1.03 bits per heavy atom. The lowest BCUT2D eigenvalue weighted by atomic mass is 9.69. The quantitative estimate of drug-likeness (QED) is 0.815. The van der Waals surface area contributed by atoms with E-state index < -0.39 is 6.35 Å². The van der Waals surface area contributed by atoms with Gasteiger partial charge in [0.05, 0.1) is 7.11 Å². The third kappa shape index (κ3) is 3.92. The molecule has 0 radical (unpaired) electrons. The summed E-state index contributed by atoms with van der Waals surface area (Å²) in [6, 6.07) is 19.0. The molecule has 1 atom stereocenters. The van der Waals surface area contributed by atoms with Crippen molar-refractivity contribution in [3.63, 3.8) is 0 Å². The van der Waals surface area contributed by atoms with Crippen LogP contribution in [0.1, 0.15) is 36.8 Å². The summed E-state index contributed by atoms with van der Waals surface area (Å²) in [6.45, 7) is 1.61. The number of nitrogens with one attached hydrogen (secondary N) is 1. The highest BCUT2D eigenvalue weighted by Gasteiger charge is 2.49. The van der Waals surface area contributed by atoms with Gasteiger partial charge in [-0.15, -0.1) is 0 Å². The molecular formula is C24H33N3O2. The van der Waals surface area contributed by atoms with Gasteiger partial charge in [0.2, 0.25) is 0 Å². The van der Waals surface area contributed by atoms with Gasteiger partial charge in [-0.3, -0.25) is 15.1 Å². The smallest absolute Gasteiger partial charge is 0.163 e. The van der Waals surface area contributed by atoms with Gasteiger partial charge in [0.25, 0.3) is 0 Å². The van der Waals surface area contributed by atoms with Crippen LogP contribution in [0.4, 0.5) is 0 Å². The van der Waals surface area contributed by atoms with Crippen LogP contribution < -0.4 is 10.1 Å². The lowest BCUT2D eigenvalue weighted by Crippen LogP contribution is -2.54.